The van der Waals surface area contributed by atoms with E-state index in [0.29, 0.717) is 5.65 Å². The maximum absolute atomic E-state index is 12.0. The van der Waals surface area contributed by atoms with Crippen molar-refractivity contribution in [2.24, 2.45) is 0 Å². The Kier molecular flexibility index (Phi) is 3.03. The summed E-state index contributed by atoms with van der Waals surface area (Å²) in [6.07, 6.45) is 3.02. The van der Waals surface area contributed by atoms with Crippen LogP contribution < -0.4 is 0 Å². The van der Waals surface area contributed by atoms with Gasteiger partial charge in [0.05, 0.1) is 5.69 Å². The molecule has 2 aromatic heterocycles. The van der Waals surface area contributed by atoms with E-state index < -0.39 is 22.2 Å². The van der Waals surface area contributed by atoms with Crippen molar-refractivity contribution in [3.63, 3.8) is 0 Å². The summed E-state index contributed by atoms with van der Waals surface area (Å²) < 4.78 is 62.7. The number of rotatable bonds is 3. The van der Waals surface area contributed by atoms with Gasteiger partial charge in [-0.25, -0.2) is 4.98 Å². The van der Waals surface area contributed by atoms with Gasteiger partial charge in [-0.2, -0.15) is 21.6 Å². The number of alkyl halides is 3. The molecule has 0 saturated heterocycles. The lowest BCUT2D eigenvalue weighted by molar-refractivity contribution is -0.0548. The van der Waals surface area contributed by atoms with Crippen molar-refractivity contribution in [2.45, 2.75) is 12.1 Å². The maximum Gasteiger partial charge on any atom is 0.523 e. The van der Waals surface area contributed by atoms with Gasteiger partial charge in [-0.3, -0.25) is 4.18 Å². The Bertz CT molecular complexity index is 630. The summed E-state index contributed by atoms with van der Waals surface area (Å²) in [7, 11) is -5.58. The zero-order chi connectivity index (χ0) is 13.4. The number of fused-ring (bicyclic) bond motifs is 1. The van der Waals surface area contributed by atoms with Crippen LogP contribution in [-0.2, 0) is 20.9 Å². The third-order valence-electron chi connectivity index (χ3n) is 2.06. The zero-order valence-corrected chi connectivity index (χ0v) is 9.57. The molecule has 5 nitrogen and oxygen atoms in total. The van der Waals surface area contributed by atoms with Crippen molar-refractivity contribution in [2.75, 3.05) is 0 Å². The van der Waals surface area contributed by atoms with E-state index in [2.05, 4.69) is 9.17 Å². The largest absolute Gasteiger partial charge is 0.523 e. The lowest BCUT2D eigenvalue weighted by atomic mass is 10.5. The third kappa shape index (κ3) is 2.46. The van der Waals surface area contributed by atoms with Crippen LogP contribution in [0.5, 0.6) is 0 Å². The molecule has 0 fully saturated rings. The Morgan fingerprint density at radius 2 is 2.06 bits per heavy atom. The van der Waals surface area contributed by atoms with Crippen molar-refractivity contribution in [3.05, 3.63) is 36.3 Å². The summed E-state index contributed by atoms with van der Waals surface area (Å²) in [6, 6.07) is 5.02. The molecule has 2 aromatic rings. The zero-order valence-electron chi connectivity index (χ0n) is 8.76. The molecule has 0 aromatic carbocycles. The van der Waals surface area contributed by atoms with Gasteiger partial charge in [-0.15, -0.1) is 0 Å². The molecule has 0 amide bonds. The molecule has 18 heavy (non-hydrogen) atoms. The molecule has 0 bridgehead atoms. The fourth-order valence-corrected chi connectivity index (χ4v) is 1.67. The normalized spacial score (nSPS) is 13.1. The van der Waals surface area contributed by atoms with E-state index in [4.69, 9.17) is 0 Å². The van der Waals surface area contributed by atoms with E-state index >= 15 is 0 Å². The van der Waals surface area contributed by atoms with Crippen LogP contribution in [0.4, 0.5) is 13.2 Å². The Balaban J connectivity index is 2.16. The molecule has 0 unspecified atom stereocenters. The van der Waals surface area contributed by atoms with Gasteiger partial charge in [0.1, 0.15) is 12.3 Å². The Morgan fingerprint density at radius 1 is 1.33 bits per heavy atom. The molecular formula is C9H7F3N2O3S. The van der Waals surface area contributed by atoms with E-state index in [0.717, 1.165) is 0 Å². The number of halogens is 3. The van der Waals surface area contributed by atoms with Crippen LogP contribution in [0.15, 0.2) is 30.6 Å². The highest BCUT2D eigenvalue weighted by atomic mass is 32.2. The summed E-state index contributed by atoms with van der Waals surface area (Å²) in [5.41, 5.74) is -4.85. The molecule has 2 heterocycles. The number of pyridine rings is 1. The standard InChI is InChI=1S/C9H7F3N2O3S/c10-9(11,12)18(15,16)17-6-7-5-14-4-2-1-3-8(14)13-7/h1-5H,6H2. The fourth-order valence-electron chi connectivity index (χ4n) is 1.26. The first-order chi connectivity index (χ1) is 8.29. The van der Waals surface area contributed by atoms with Crippen molar-refractivity contribution >= 4 is 15.8 Å². The van der Waals surface area contributed by atoms with E-state index in [-0.39, 0.29) is 5.69 Å². The average Bonchev–Trinajstić information content (AvgIpc) is 2.67. The second-order valence-electron chi connectivity index (χ2n) is 3.36. The first-order valence-corrected chi connectivity index (χ1v) is 6.09. The number of aromatic nitrogens is 2. The van der Waals surface area contributed by atoms with Gasteiger partial charge in [0.15, 0.2) is 0 Å². The summed E-state index contributed by atoms with van der Waals surface area (Å²) in [6.45, 7) is -0.760. The summed E-state index contributed by atoms with van der Waals surface area (Å²) >= 11 is 0. The van der Waals surface area contributed by atoms with E-state index in [1.54, 1.807) is 28.8 Å². The highest BCUT2D eigenvalue weighted by Crippen LogP contribution is 2.25. The minimum absolute atomic E-state index is 0.0917. The predicted octanol–water partition coefficient (Wildman–Crippen LogP) is 1.70. The van der Waals surface area contributed by atoms with Crippen molar-refractivity contribution in [3.8, 4) is 0 Å². The molecule has 9 heteroatoms. The second kappa shape index (κ2) is 4.25. The fraction of sp³-hybridized carbons (Fsp3) is 0.222. The van der Waals surface area contributed by atoms with Crippen LogP contribution in [0, 0.1) is 0 Å². The molecular weight excluding hydrogens is 273 g/mol. The summed E-state index contributed by atoms with van der Waals surface area (Å²) in [5, 5.41) is 0. The molecule has 0 aliphatic rings. The number of hydrogen-bond acceptors (Lipinski definition) is 4. The highest BCUT2D eigenvalue weighted by Gasteiger charge is 2.47. The van der Waals surface area contributed by atoms with Crippen LogP contribution in [-0.4, -0.2) is 23.3 Å². The predicted molar refractivity (Wildman–Crippen MR) is 55.0 cm³/mol. The van der Waals surface area contributed by atoms with Crippen LogP contribution >= 0.6 is 0 Å². The van der Waals surface area contributed by atoms with Gasteiger partial charge < -0.3 is 4.40 Å². The van der Waals surface area contributed by atoms with E-state index in [9.17, 15) is 21.6 Å². The average molecular weight is 280 g/mol. The van der Waals surface area contributed by atoms with Gasteiger partial charge in [0, 0.05) is 12.4 Å². The first kappa shape index (κ1) is 12.8. The molecule has 0 spiro atoms. The molecule has 0 saturated carbocycles. The molecule has 0 N–H and O–H groups in total. The lowest BCUT2D eigenvalue weighted by Gasteiger charge is -2.06. The highest BCUT2D eigenvalue weighted by molar-refractivity contribution is 7.87. The van der Waals surface area contributed by atoms with Gasteiger partial charge in [0.25, 0.3) is 0 Å². The first-order valence-electron chi connectivity index (χ1n) is 4.68. The SMILES string of the molecule is O=S(=O)(OCc1cn2ccccc2n1)C(F)(F)F. The number of imidazole rings is 1. The molecule has 0 aliphatic carbocycles. The maximum atomic E-state index is 12.0. The van der Waals surface area contributed by atoms with Gasteiger partial charge in [0.2, 0.25) is 0 Å². The summed E-state index contributed by atoms with van der Waals surface area (Å²) in [5.74, 6) is 0. The smallest absolute Gasteiger partial charge is 0.307 e. The molecule has 0 atom stereocenters. The van der Waals surface area contributed by atoms with Crippen LogP contribution in [0.3, 0.4) is 0 Å². The van der Waals surface area contributed by atoms with Gasteiger partial charge in [-0.1, -0.05) is 6.07 Å². The Hall–Kier alpha value is -1.61. The van der Waals surface area contributed by atoms with Crippen molar-refractivity contribution in [1.29, 1.82) is 0 Å². The monoisotopic (exact) mass is 280 g/mol. The Morgan fingerprint density at radius 3 is 2.67 bits per heavy atom. The third-order valence-corrected chi connectivity index (χ3v) is 3.05. The Labute approximate surface area is 99.9 Å². The molecule has 2 rings (SSSR count). The summed E-state index contributed by atoms with van der Waals surface area (Å²) in [4.78, 5) is 3.90. The lowest BCUT2D eigenvalue weighted by Crippen LogP contribution is -2.25. The minimum atomic E-state index is -5.58. The number of nitrogens with zero attached hydrogens (tertiary/aromatic N) is 2. The molecule has 0 aliphatic heterocycles. The second-order valence-corrected chi connectivity index (χ2v) is 4.97. The van der Waals surface area contributed by atoms with Crippen molar-refractivity contribution in [1.82, 2.24) is 9.38 Å². The van der Waals surface area contributed by atoms with Gasteiger partial charge in [-0.05, 0) is 12.1 Å². The molecule has 0 radical (unpaired) electrons. The molecule has 98 valence electrons. The van der Waals surface area contributed by atoms with Gasteiger partial charge >= 0.3 is 15.6 Å². The topological polar surface area (TPSA) is 60.7 Å². The minimum Gasteiger partial charge on any atom is -0.307 e. The van der Waals surface area contributed by atoms with Crippen LogP contribution in [0.25, 0.3) is 5.65 Å². The van der Waals surface area contributed by atoms with E-state index in [1.165, 1.54) is 6.20 Å². The van der Waals surface area contributed by atoms with Crippen LogP contribution in [0.2, 0.25) is 0 Å². The number of hydrogen-bond donors (Lipinski definition) is 0. The van der Waals surface area contributed by atoms with Crippen LogP contribution in [0.1, 0.15) is 5.69 Å². The van der Waals surface area contributed by atoms with E-state index in [1.807, 2.05) is 0 Å². The quantitative estimate of drug-likeness (QED) is 0.634. The van der Waals surface area contributed by atoms with Crippen molar-refractivity contribution < 1.29 is 25.8 Å².